The topological polar surface area (TPSA) is 55.1 Å². The van der Waals surface area contributed by atoms with Crippen LogP contribution in [0.1, 0.15) is 13.8 Å². The first-order chi connectivity index (χ1) is 6.11. The minimum atomic E-state index is -0.215. The van der Waals surface area contributed by atoms with Gasteiger partial charge in [0.1, 0.15) is 0 Å². The van der Waals surface area contributed by atoms with Crippen LogP contribution in [-0.4, -0.2) is 18.0 Å². The number of allylic oxidation sites excluding steroid dienone is 2. The molecule has 0 bridgehead atoms. The van der Waals surface area contributed by atoms with Gasteiger partial charge in [-0.3, -0.25) is 4.79 Å². The fraction of sp³-hybridized carbons (Fsp3) is 0.500. The Morgan fingerprint density at radius 2 is 2.00 bits per heavy atom. The van der Waals surface area contributed by atoms with Crippen molar-refractivity contribution >= 4 is 5.91 Å². The summed E-state index contributed by atoms with van der Waals surface area (Å²) in [6, 6.07) is -0.0252. The number of nitrogens with one attached hydrogen (secondary N) is 1. The van der Waals surface area contributed by atoms with Crippen molar-refractivity contribution in [1.29, 1.82) is 0 Å². The molecule has 0 aromatic heterocycles. The maximum absolute atomic E-state index is 11.5. The molecule has 1 aliphatic rings. The van der Waals surface area contributed by atoms with Crippen molar-refractivity contribution in [2.45, 2.75) is 25.9 Å². The van der Waals surface area contributed by atoms with Crippen molar-refractivity contribution in [3.05, 3.63) is 24.3 Å². The monoisotopic (exact) mass is 180 g/mol. The summed E-state index contributed by atoms with van der Waals surface area (Å²) >= 11 is 0. The number of amides is 1. The van der Waals surface area contributed by atoms with E-state index in [0.29, 0.717) is 0 Å². The van der Waals surface area contributed by atoms with Crippen molar-refractivity contribution in [2.24, 2.45) is 11.7 Å². The summed E-state index contributed by atoms with van der Waals surface area (Å²) in [6.45, 7) is 3.87. The van der Waals surface area contributed by atoms with Crippen LogP contribution in [0.4, 0.5) is 0 Å². The summed E-state index contributed by atoms with van der Waals surface area (Å²) in [6.07, 6.45) is 7.39. The molecule has 0 aromatic carbocycles. The van der Waals surface area contributed by atoms with Gasteiger partial charge in [0.05, 0.1) is 5.92 Å². The van der Waals surface area contributed by atoms with Gasteiger partial charge in [0.25, 0.3) is 0 Å². The highest BCUT2D eigenvalue weighted by Gasteiger charge is 2.22. The molecule has 1 rings (SSSR count). The first-order valence-corrected chi connectivity index (χ1v) is 4.52. The van der Waals surface area contributed by atoms with E-state index in [1.165, 1.54) is 0 Å². The quantitative estimate of drug-likeness (QED) is 0.653. The molecule has 0 aromatic rings. The Morgan fingerprint density at radius 3 is 2.54 bits per heavy atom. The zero-order chi connectivity index (χ0) is 9.84. The molecule has 0 radical (unpaired) electrons. The maximum Gasteiger partial charge on any atom is 0.229 e. The van der Waals surface area contributed by atoms with Gasteiger partial charge in [0.15, 0.2) is 0 Å². The molecule has 0 fully saturated rings. The Kier molecular flexibility index (Phi) is 3.25. The molecule has 0 saturated carbocycles. The van der Waals surface area contributed by atoms with Gasteiger partial charge >= 0.3 is 0 Å². The predicted molar refractivity (Wildman–Crippen MR) is 53.0 cm³/mol. The van der Waals surface area contributed by atoms with Crippen LogP contribution in [0.25, 0.3) is 0 Å². The van der Waals surface area contributed by atoms with E-state index in [9.17, 15) is 4.79 Å². The number of carbonyl (C=O) groups is 1. The molecule has 2 atom stereocenters. The SMILES string of the molecule is CC(C)NC(=O)C1C=CC=CC1N. The zero-order valence-electron chi connectivity index (χ0n) is 8.03. The van der Waals surface area contributed by atoms with Crippen molar-refractivity contribution in [2.75, 3.05) is 0 Å². The van der Waals surface area contributed by atoms with E-state index in [1.54, 1.807) is 0 Å². The summed E-state index contributed by atoms with van der Waals surface area (Å²) in [5.41, 5.74) is 5.76. The molecule has 3 nitrogen and oxygen atoms in total. The van der Waals surface area contributed by atoms with Crippen LogP contribution in [0.15, 0.2) is 24.3 Å². The first-order valence-electron chi connectivity index (χ1n) is 4.52. The number of hydrogen-bond donors (Lipinski definition) is 2. The Hall–Kier alpha value is -1.09. The van der Waals surface area contributed by atoms with E-state index in [1.807, 2.05) is 38.2 Å². The van der Waals surface area contributed by atoms with Gasteiger partial charge in [-0.2, -0.15) is 0 Å². The summed E-state index contributed by atoms with van der Waals surface area (Å²) < 4.78 is 0. The highest BCUT2D eigenvalue weighted by atomic mass is 16.1. The number of nitrogens with two attached hydrogens (primary N) is 1. The summed E-state index contributed by atoms with van der Waals surface area (Å²) in [5.74, 6) is -0.213. The Bertz CT molecular complexity index is 243. The third-order valence-electron chi connectivity index (χ3n) is 1.91. The predicted octanol–water partition coefficient (Wildman–Crippen LogP) is 0.580. The molecule has 3 N–H and O–H groups in total. The van der Waals surface area contributed by atoms with Crippen LogP contribution in [-0.2, 0) is 4.79 Å². The fourth-order valence-corrected chi connectivity index (χ4v) is 1.27. The molecular formula is C10H16N2O. The Balaban J connectivity index is 2.56. The standard InChI is InChI=1S/C10H16N2O/c1-7(2)12-10(13)8-5-3-4-6-9(8)11/h3-9H,11H2,1-2H3,(H,12,13). The largest absolute Gasteiger partial charge is 0.353 e. The van der Waals surface area contributed by atoms with Gasteiger partial charge in [-0.1, -0.05) is 24.3 Å². The molecule has 0 saturated heterocycles. The van der Waals surface area contributed by atoms with Crippen LogP contribution in [0.2, 0.25) is 0 Å². The van der Waals surface area contributed by atoms with Crippen LogP contribution in [0.3, 0.4) is 0 Å². The molecule has 1 amide bonds. The summed E-state index contributed by atoms with van der Waals surface area (Å²) in [4.78, 5) is 11.5. The van der Waals surface area contributed by atoms with E-state index >= 15 is 0 Å². The molecule has 72 valence electrons. The molecule has 13 heavy (non-hydrogen) atoms. The highest BCUT2D eigenvalue weighted by Crippen LogP contribution is 2.10. The van der Waals surface area contributed by atoms with Crippen molar-refractivity contribution in [1.82, 2.24) is 5.32 Å². The minimum Gasteiger partial charge on any atom is -0.353 e. The van der Waals surface area contributed by atoms with Crippen LogP contribution in [0, 0.1) is 5.92 Å². The lowest BCUT2D eigenvalue weighted by Gasteiger charge is -2.20. The molecule has 0 spiro atoms. The molecule has 2 unspecified atom stereocenters. The number of rotatable bonds is 2. The third-order valence-corrected chi connectivity index (χ3v) is 1.91. The molecule has 0 aliphatic heterocycles. The Morgan fingerprint density at radius 1 is 1.38 bits per heavy atom. The van der Waals surface area contributed by atoms with E-state index in [-0.39, 0.29) is 23.9 Å². The lowest BCUT2D eigenvalue weighted by molar-refractivity contribution is -0.124. The van der Waals surface area contributed by atoms with Crippen LogP contribution in [0.5, 0.6) is 0 Å². The van der Waals surface area contributed by atoms with Gasteiger partial charge < -0.3 is 11.1 Å². The van der Waals surface area contributed by atoms with Gasteiger partial charge in [-0.15, -0.1) is 0 Å². The molecule has 1 aliphatic carbocycles. The van der Waals surface area contributed by atoms with Crippen molar-refractivity contribution in [3.8, 4) is 0 Å². The van der Waals surface area contributed by atoms with Crippen molar-refractivity contribution < 1.29 is 4.79 Å². The zero-order valence-corrected chi connectivity index (χ0v) is 8.03. The van der Waals surface area contributed by atoms with Crippen LogP contribution < -0.4 is 11.1 Å². The molecule has 3 heteroatoms. The lowest BCUT2D eigenvalue weighted by atomic mass is 9.95. The van der Waals surface area contributed by atoms with E-state index in [4.69, 9.17) is 5.73 Å². The van der Waals surface area contributed by atoms with Crippen LogP contribution >= 0.6 is 0 Å². The second-order valence-corrected chi connectivity index (χ2v) is 3.54. The fourth-order valence-electron chi connectivity index (χ4n) is 1.27. The van der Waals surface area contributed by atoms with Gasteiger partial charge in [0, 0.05) is 12.1 Å². The second kappa shape index (κ2) is 4.23. The van der Waals surface area contributed by atoms with Gasteiger partial charge in [0.2, 0.25) is 5.91 Å². The summed E-state index contributed by atoms with van der Waals surface area (Å²) in [5, 5.41) is 2.84. The maximum atomic E-state index is 11.5. The minimum absolute atomic E-state index is 0.00287. The highest BCUT2D eigenvalue weighted by molar-refractivity contribution is 5.82. The molecule has 0 heterocycles. The van der Waals surface area contributed by atoms with E-state index in [2.05, 4.69) is 5.32 Å². The summed E-state index contributed by atoms with van der Waals surface area (Å²) in [7, 11) is 0. The van der Waals surface area contributed by atoms with E-state index < -0.39 is 0 Å². The molecular weight excluding hydrogens is 164 g/mol. The number of carbonyl (C=O) groups excluding carboxylic acids is 1. The second-order valence-electron chi connectivity index (χ2n) is 3.54. The van der Waals surface area contributed by atoms with Gasteiger partial charge in [-0.05, 0) is 13.8 Å². The normalized spacial score (nSPS) is 26.5. The smallest absolute Gasteiger partial charge is 0.229 e. The van der Waals surface area contributed by atoms with Crippen molar-refractivity contribution in [3.63, 3.8) is 0 Å². The van der Waals surface area contributed by atoms with E-state index in [0.717, 1.165) is 0 Å². The lowest BCUT2D eigenvalue weighted by Crippen LogP contribution is -2.43. The third kappa shape index (κ3) is 2.70. The van der Waals surface area contributed by atoms with Gasteiger partial charge in [-0.25, -0.2) is 0 Å². The average Bonchev–Trinajstić information content (AvgIpc) is 2.03. The first kappa shape index (κ1) is 9.99. The number of hydrogen-bond acceptors (Lipinski definition) is 2. The average molecular weight is 180 g/mol. The Labute approximate surface area is 78.7 Å².